The molecular weight excluding hydrogens is 240 g/mol. The van der Waals surface area contributed by atoms with Crippen LogP contribution >= 0.6 is 11.8 Å². The Hall–Kier alpha value is -1.41. The summed E-state index contributed by atoms with van der Waals surface area (Å²) in [6, 6.07) is 1.83. The third-order valence-corrected chi connectivity index (χ3v) is 3.06. The van der Waals surface area contributed by atoms with Gasteiger partial charge in [0.05, 0.1) is 18.5 Å². The lowest BCUT2D eigenvalue weighted by molar-refractivity contribution is 0.395. The highest BCUT2D eigenvalue weighted by molar-refractivity contribution is 7.98. The number of nitrogens with one attached hydrogen (secondary N) is 1. The quantitative estimate of drug-likeness (QED) is 0.571. The van der Waals surface area contributed by atoms with E-state index < -0.39 is 0 Å². The summed E-state index contributed by atoms with van der Waals surface area (Å²) in [6.45, 7) is 4.64. The Bertz CT molecular complexity index is 428. The van der Waals surface area contributed by atoms with Gasteiger partial charge in [-0.3, -0.25) is 0 Å². The van der Waals surface area contributed by atoms with Crippen LogP contribution in [-0.2, 0) is 12.3 Å². The number of hydrogen-bond acceptors (Lipinski definition) is 7. The summed E-state index contributed by atoms with van der Waals surface area (Å²) in [5.74, 6) is 1.50. The van der Waals surface area contributed by atoms with E-state index in [2.05, 4.69) is 32.9 Å². The maximum Gasteiger partial charge on any atom is 0.209 e. The van der Waals surface area contributed by atoms with E-state index in [1.54, 1.807) is 10.9 Å². The average Bonchev–Trinajstić information content (AvgIpc) is 2.97. The van der Waals surface area contributed by atoms with Crippen LogP contribution in [0.4, 0.5) is 0 Å². The van der Waals surface area contributed by atoms with Gasteiger partial charge in [0, 0.05) is 12.6 Å². The molecule has 8 heteroatoms. The molecule has 2 rings (SSSR count). The molecule has 0 aliphatic rings. The second-order valence-corrected chi connectivity index (χ2v) is 4.25. The number of rotatable bonds is 7. The number of nitrogens with zero attached hydrogens (tertiary/aromatic N) is 5. The molecule has 2 aromatic heterocycles. The molecule has 0 bridgehead atoms. The van der Waals surface area contributed by atoms with Crippen LogP contribution in [0.3, 0.4) is 0 Å². The fourth-order valence-corrected chi connectivity index (χ4v) is 2.05. The van der Waals surface area contributed by atoms with Crippen molar-refractivity contribution in [3.63, 3.8) is 0 Å². The molecular formula is C9H14N6OS. The van der Waals surface area contributed by atoms with Crippen LogP contribution in [0.15, 0.2) is 21.9 Å². The van der Waals surface area contributed by atoms with Crippen molar-refractivity contribution in [1.29, 1.82) is 0 Å². The highest BCUT2D eigenvalue weighted by Crippen LogP contribution is 2.19. The lowest BCUT2D eigenvalue weighted by Gasteiger charge is -2.03. The Morgan fingerprint density at radius 3 is 3.24 bits per heavy atom. The van der Waals surface area contributed by atoms with Crippen LogP contribution in [0.2, 0.25) is 0 Å². The van der Waals surface area contributed by atoms with Crippen molar-refractivity contribution >= 4 is 11.8 Å². The molecule has 0 spiro atoms. The zero-order valence-corrected chi connectivity index (χ0v) is 10.4. The first-order valence-corrected chi connectivity index (χ1v) is 6.38. The van der Waals surface area contributed by atoms with E-state index in [0.717, 1.165) is 30.6 Å². The van der Waals surface area contributed by atoms with Crippen LogP contribution in [0.5, 0.6) is 0 Å². The molecule has 0 saturated heterocycles. The van der Waals surface area contributed by atoms with Gasteiger partial charge in [0.2, 0.25) is 5.16 Å². The molecule has 0 unspecified atom stereocenters. The van der Waals surface area contributed by atoms with Crippen molar-refractivity contribution in [1.82, 2.24) is 30.7 Å². The summed E-state index contributed by atoms with van der Waals surface area (Å²) in [5, 5.41) is 19.2. The van der Waals surface area contributed by atoms with Gasteiger partial charge in [-0.2, -0.15) is 0 Å². The minimum atomic E-state index is 0.682. The Kier molecular flexibility index (Phi) is 4.51. The fraction of sp³-hybridized carbons (Fsp3) is 0.556. The lowest BCUT2D eigenvalue weighted by atomic mass is 10.5. The summed E-state index contributed by atoms with van der Waals surface area (Å²) in [7, 11) is 0. The van der Waals surface area contributed by atoms with Gasteiger partial charge >= 0.3 is 0 Å². The van der Waals surface area contributed by atoms with Crippen LogP contribution in [-0.4, -0.2) is 38.5 Å². The summed E-state index contributed by atoms with van der Waals surface area (Å²) in [6.07, 6.45) is 1.63. The molecule has 0 fully saturated rings. The highest BCUT2D eigenvalue weighted by Gasteiger charge is 2.07. The molecule has 92 valence electrons. The number of thioether (sulfide) groups is 1. The van der Waals surface area contributed by atoms with E-state index >= 15 is 0 Å². The normalized spacial score (nSPS) is 10.9. The van der Waals surface area contributed by atoms with Gasteiger partial charge in [0.15, 0.2) is 0 Å². The van der Waals surface area contributed by atoms with Crippen molar-refractivity contribution in [2.75, 3.05) is 13.1 Å². The van der Waals surface area contributed by atoms with Gasteiger partial charge in [-0.25, -0.2) is 4.68 Å². The second kappa shape index (κ2) is 6.36. The third-order valence-electron chi connectivity index (χ3n) is 2.08. The first kappa shape index (κ1) is 12.1. The van der Waals surface area contributed by atoms with E-state index in [9.17, 15) is 0 Å². The Balaban J connectivity index is 1.85. The van der Waals surface area contributed by atoms with Crippen molar-refractivity contribution in [2.24, 2.45) is 0 Å². The van der Waals surface area contributed by atoms with Crippen molar-refractivity contribution in [2.45, 2.75) is 24.4 Å². The Labute approximate surface area is 103 Å². The zero-order valence-electron chi connectivity index (χ0n) is 9.54. The van der Waals surface area contributed by atoms with E-state index in [4.69, 9.17) is 4.52 Å². The summed E-state index contributed by atoms with van der Waals surface area (Å²) >= 11 is 1.53. The lowest BCUT2D eigenvalue weighted by Crippen LogP contribution is -2.20. The fourth-order valence-electron chi connectivity index (χ4n) is 1.25. The molecule has 0 aromatic carbocycles. The third kappa shape index (κ3) is 3.53. The molecule has 0 atom stereocenters. The predicted molar refractivity (Wildman–Crippen MR) is 62.4 cm³/mol. The Morgan fingerprint density at radius 1 is 1.53 bits per heavy atom. The maximum absolute atomic E-state index is 5.01. The van der Waals surface area contributed by atoms with Gasteiger partial charge in [-0.05, 0) is 17.0 Å². The van der Waals surface area contributed by atoms with Gasteiger partial charge in [-0.15, -0.1) is 5.10 Å². The minimum Gasteiger partial charge on any atom is -0.361 e. The van der Waals surface area contributed by atoms with Crippen LogP contribution in [0, 0.1) is 0 Å². The van der Waals surface area contributed by atoms with E-state index in [1.165, 1.54) is 11.8 Å². The van der Waals surface area contributed by atoms with Gasteiger partial charge in [0.25, 0.3) is 0 Å². The average molecular weight is 254 g/mol. The molecule has 2 heterocycles. The van der Waals surface area contributed by atoms with E-state index in [-0.39, 0.29) is 0 Å². The summed E-state index contributed by atoms with van der Waals surface area (Å²) in [5.41, 5.74) is 0. The molecule has 17 heavy (non-hydrogen) atoms. The summed E-state index contributed by atoms with van der Waals surface area (Å²) in [4.78, 5) is 0. The Morgan fingerprint density at radius 2 is 2.47 bits per heavy atom. The van der Waals surface area contributed by atoms with Gasteiger partial charge < -0.3 is 9.84 Å². The topological polar surface area (TPSA) is 81.7 Å². The molecule has 7 nitrogen and oxygen atoms in total. The standard InChI is InChI=1S/C9H14N6OS/c1-2-10-5-6-15-9(12-13-14-15)17-7-8-3-4-11-16-8/h3-4,10H,2,5-7H2,1H3. The molecule has 0 saturated carbocycles. The summed E-state index contributed by atoms with van der Waals surface area (Å²) < 4.78 is 6.79. The van der Waals surface area contributed by atoms with E-state index in [1.807, 2.05) is 6.07 Å². The SMILES string of the molecule is CCNCCn1nnnc1SCc1ccno1. The largest absolute Gasteiger partial charge is 0.361 e. The number of aromatic nitrogens is 5. The molecule has 2 aromatic rings. The van der Waals surface area contributed by atoms with Crippen molar-refractivity contribution < 1.29 is 4.52 Å². The minimum absolute atomic E-state index is 0.682. The van der Waals surface area contributed by atoms with Crippen LogP contribution < -0.4 is 5.32 Å². The highest BCUT2D eigenvalue weighted by atomic mass is 32.2. The van der Waals surface area contributed by atoms with Crippen LogP contribution in [0.25, 0.3) is 0 Å². The zero-order chi connectivity index (χ0) is 11.9. The monoisotopic (exact) mass is 254 g/mol. The maximum atomic E-state index is 5.01. The smallest absolute Gasteiger partial charge is 0.209 e. The van der Waals surface area contributed by atoms with Crippen molar-refractivity contribution in [3.8, 4) is 0 Å². The molecule has 0 aliphatic carbocycles. The second-order valence-electron chi connectivity index (χ2n) is 3.31. The first-order chi connectivity index (χ1) is 8.40. The van der Waals surface area contributed by atoms with E-state index in [0.29, 0.717) is 5.75 Å². The molecule has 0 amide bonds. The molecule has 0 radical (unpaired) electrons. The predicted octanol–water partition coefficient (Wildman–Crippen LogP) is 0.563. The van der Waals surface area contributed by atoms with Crippen molar-refractivity contribution in [3.05, 3.63) is 18.0 Å². The molecule has 0 aliphatic heterocycles. The van der Waals surface area contributed by atoms with Gasteiger partial charge in [-0.1, -0.05) is 23.8 Å². The number of likely N-dealkylation sites (N-methyl/N-ethyl adjacent to an activating group) is 1. The number of hydrogen-bond donors (Lipinski definition) is 1. The number of tetrazole rings is 1. The first-order valence-electron chi connectivity index (χ1n) is 5.39. The van der Waals surface area contributed by atoms with Crippen LogP contribution in [0.1, 0.15) is 12.7 Å². The molecule has 1 N–H and O–H groups in total. The van der Waals surface area contributed by atoms with Gasteiger partial charge in [0.1, 0.15) is 5.76 Å².